The summed E-state index contributed by atoms with van der Waals surface area (Å²) >= 11 is 1.60. The molecule has 3 rings (SSSR count). The van der Waals surface area contributed by atoms with Gasteiger partial charge in [-0.05, 0) is 35.8 Å². The molecule has 2 unspecified atom stereocenters. The second-order valence-corrected chi connectivity index (χ2v) is 9.24. The van der Waals surface area contributed by atoms with Gasteiger partial charge >= 0.3 is 5.97 Å². The number of nitrogens with zero attached hydrogens (tertiary/aromatic N) is 1. The Hall–Kier alpha value is -1.62. The smallest absolute Gasteiger partial charge is 0.335 e. The van der Waals surface area contributed by atoms with Crippen molar-refractivity contribution in [1.82, 2.24) is 0 Å². The van der Waals surface area contributed by atoms with Crippen LogP contribution in [0.1, 0.15) is 61.3 Å². The van der Waals surface area contributed by atoms with Crippen LogP contribution < -0.4 is 0 Å². The van der Waals surface area contributed by atoms with Gasteiger partial charge in [0, 0.05) is 10.8 Å². The van der Waals surface area contributed by atoms with E-state index in [1.807, 2.05) is 0 Å². The average molecular weight is 345 g/mol. The van der Waals surface area contributed by atoms with Gasteiger partial charge in [0.05, 0.1) is 11.6 Å². The van der Waals surface area contributed by atoms with E-state index in [0.717, 1.165) is 12.8 Å². The van der Waals surface area contributed by atoms with Gasteiger partial charge in [0.2, 0.25) is 5.78 Å². The van der Waals surface area contributed by atoms with Crippen molar-refractivity contribution in [3.63, 3.8) is 0 Å². The highest BCUT2D eigenvalue weighted by Crippen LogP contribution is 2.54. The summed E-state index contributed by atoms with van der Waals surface area (Å²) in [5.74, 6) is -1.09. The van der Waals surface area contributed by atoms with Crippen LogP contribution in [0, 0.1) is 10.8 Å². The van der Waals surface area contributed by atoms with Crippen LogP contribution in [0.5, 0.6) is 0 Å². The van der Waals surface area contributed by atoms with Crippen LogP contribution >= 0.6 is 11.8 Å². The van der Waals surface area contributed by atoms with Gasteiger partial charge < -0.3 is 5.11 Å². The minimum Gasteiger partial charge on any atom is -0.478 e. The summed E-state index contributed by atoms with van der Waals surface area (Å²) in [4.78, 5) is 28.5. The Morgan fingerprint density at radius 3 is 2.12 bits per heavy atom. The lowest BCUT2D eigenvalue weighted by molar-refractivity contribution is 0.0696. The summed E-state index contributed by atoms with van der Waals surface area (Å²) in [7, 11) is 0. The molecule has 1 aromatic rings. The standard InChI is InChI=1S/C19H23NO3S/c1-18(2)9-10-19(3,4)15-14(18)20-16(24-15)13(21)11-5-7-12(8-6-11)17(22)23/h5-8,14-15H,9-10H2,1-4H3,(H,22,23). The first-order valence-electron chi connectivity index (χ1n) is 8.24. The Bertz CT molecular complexity index is 719. The molecule has 2 aliphatic rings. The normalized spacial score (nSPS) is 27.2. The number of rotatable bonds is 3. The first-order valence-corrected chi connectivity index (χ1v) is 9.12. The number of aliphatic imine (C=N–C) groups is 1. The molecule has 128 valence electrons. The molecule has 1 N–H and O–H groups in total. The first-order chi connectivity index (χ1) is 11.1. The molecule has 0 amide bonds. The molecule has 24 heavy (non-hydrogen) atoms. The fraction of sp³-hybridized carbons (Fsp3) is 0.526. The van der Waals surface area contributed by atoms with Gasteiger partial charge in [-0.3, -0.25) is 9.79 Å². The van der Waals surface area contributed by atoms with Crippen LogP contribution in [0.4, 0.5) is 0 Å². The van der Waals surface area contributed by atoms with E-state index in [2.05, 4.69) is 27.7 Å². The number of benzene rings is 1. The Morgan fingerprint density at radius 1 is 1.04 bits per heavy atom. The third-order valence-corrected chi connectivity index (χ3v) is 7.02. The van der Waals surface area contributed by atoms with E-state index in [0.29, 0.717) is 15.9 Å². The number of carbonyl (C=O) groups excluding carboxylic acids is 1. The van der Waals surface area contributed by atoms with Gasteiger partial charge in [0.25, 0.3) is 0 Å². The number of hydrogen-bond donors (Lipinski definition) is 1. The zero-order valence-corrected chi connectivity index (χ0v) is 15.3. The molecule has 4 nitrogen and oxygen atoms in total. The van der Waals surface area contributed by atoms with Crippen LogP contribution in [-0.2, 0) is 0 Å². The molecule has 0 saturated heterocycles. The van der Waals surface area contributed by atoms with Crippen molar-refractivity contribution in [1.29, 1.82) is 0 Å². The summed E-state index contributed by atoms with van der Waals surface area (Å²) in [6.45, 7) is 8.99. The molecule has 1 fully saturated rings. The number of carbonyl (C=O) groups is 2. The van der Waals surface area contributed by atoms with Gasteiger partial charge in [-0.1, -0.05) is 51.6 Å². The monoisotopic (exact) mass is 345 g/mol. The molecule has 1 aliphatic carbocycles. The van der Waals surface area contributed by atoms with Crippen LogP contribution in [-0.4, -0.2) is 33.2 Å². The van der Waals surface area contributed by atoms with Crippen molar-refractivity contribution in [2.24, 2.45) is 15.8 Å². The quantitative estimate of drug-likeness (QED) is 0.830. The third-order valence-electron chi connectivity index (χ3n) is 5.35. The highest BCUT2D eigenvalue weighted by molar-refractivity contribution is 8.16. The number of fused-ring (bicyclic) bond motifs is 1. The molecule has 0 radical (unpaired) electrons. The highest BCUT2D eigenvalue weighted by atomic mass is 32.2. The summed E-state index contributed by atoms with van der Waals surface area (Å²) in [6.07, 6.45) is 2.25. The summed E-state index contributed by atoms with van der Waals surface area (Å²) in [6, 6.07) is 6.25. The Morgan fingerprint density at radius 2 is 1.58 bits per heavy atom. The topological polar surface area (TPSA) is 66.7 Å². The zero-order valence-electron chi connectivity index (χ0n) is 14.5. The predicted octanol–water partition coefficient (Wildman–Crippen LogP) is 4.30. The minimum absolute atomic E-state index is 0.0991. The van der Waals surface area contributed by atoms with Gasteiger partial charge in [0.1, 0.15) is 5.04 Å². The summed E-state index contributed by atoms with van der Waals surface area (Å²) in [5, 5.41) is 9.85. The van der Waals surface area contributed by atoms with Crippen molar-refractivity contribution in [2.45, 2.75) is 51.8 Å². The van der Waals surface area contributed by atoms with Crippen LogP contribution in [0.2, 0.25) is 0 Å². The number of aromatic carboxylic acids is 1. The molecular weight excluding hydrogens is 322 g/mol. The number of carboxylic acid groups (broad SMARTS) is 1. The molecule has 1 saturated carbocycles. The molecule has 0 aromatic heterocycles. The fourth-order valence-corrected chi connectivity index (χ4v) is 5.15. The van der Waals surface area contributed by atoms with Gasteiger partial charge in [0.15, 0.2) is 0 Å². The van der Waals surface area contributed by atoms with Gasteiger partial charge in [-0.2, -0.15) is 0 Å². The van der Waals surface area contributed by atoms with Crippen molar-refractivity contribution in [3.05, 3.63) is 35.4 Å². The van der Waals surface area contributed by atoms with Crippen molar-refractivity contribution < 1.29 is 14.7 Å². The van der Waals surface area contributed by atoms with Crippen LogP contribution in [0.3, 0.4) is 0 Å². The lowest BCUT2D eigenvalue weighted by Gasteiger charge is -2.47. The maximum atomic E-state index is 12.8. The van der Waals surface area contributed by atoms with E-state index in [1.165, 1.54) is 12.1 Å². The van der Waals surface area contributed by atoms with Gasteiger partial charge in [-0.15, -0.1) is 0 Å². The lowest BCUT2D eigenvalue weighted by atomic mass is 9.63. The Balaban J connectivity index is 1.87. The number of hydrogen-bond acceptors (Lipinski definition) is 4. The SMILES string of the molecule is CC1(C)CCC(C)(C)C2SC(C(=O)c3ccc(C(=O)O)cc3)=NC21. The van der Waals surface area contributed by atoms with E-state index < -0.39 is 5.97 Å². The number of ketones is 1. The molecule has 0 spiro atoms. The van der Waals surface area contributed by atoms with Crippen molar-refractivity contribution >= 4 is 28.6 Å². The lowest BCUT2D eigenvalue weighted by Crippen LogP contribution is -2.47. The number of Topliss-reactive ketones (excluding diaryl/α,β-unsaturated/α-hetero) is 1. The molecule has 0 bridgehead atoms. The summed E-state index contributed by atoms with van der Waals surface area (Å²) < 4.78 is 0. The van der Waals surface area contributed by atoms with Crippen molar-refractivity contribution in [3.8, 4) is 0 Å². The van der Waals surface area contributed by atoms with E-state index in [9.17, 15) is 9.59 Å². The zero-order chi connectivity index (χ0) is 17.7. The number of carboxylic acids is 1. The average Bonchev–Trinajstić information content (AvgIpc) is 2.99. The summed E-state index contributed by atoms with van der Waals surface area (Å²) in [5.41, 5.74) is 0.940. The minimum atomic E-state index is -0.990. The second kappa shape index (κ2) is 5.73. The van der Waals surface area contributed by atoms with E-state index in [4.69, 9.17) is 10.1 Å². The van der Waals surface area contributed by atoms with Crippen molar-refractivity contribution in [2.75, 3.05) is 0 Å². The first kappa shape index (κ1) is 17.2. The predicted molar refractivity (Wildman–Crippen MR) is 97.1 cm³/mol. The Labute approximate surface area is 146 Å². The second-order valence-electron chi connectivity index (χ2n) is 8.11. The van der Waals surface area contributed by atoms with Crippen LogP contribution in [0.25, 0.3) is 0 Å². The Kier molecular flexibility index (Phi) is 4.11. The molecule has 5 heteroatoms. The molecule has 1 aliphatic heterocycles. The highest BCUT2D eigenvalue weighted by Gasteiger charge is 2.52. The van der Waals surface area contributed by atoms with Crippen LogP contribution in [0.15, 0.2) is 29.3 Å². The molecule has 1 heterocycles. The number of thioether (sulfide) groups is 1. The van der Waals surface area contributed by atoms with E-state index in [-0.39, 0.29) is 28.2 Å². The largest absolute Gasteiger partial charge is 0.478 e. The molecule has 1 aromatic carbocycles. The third kappa shape index (κ3) is 2.90. The van der Waals surface area contributed by atoms with E-state index >= 15 is 0 Å². The molecular formula is C19H23NO3S. The van der Waals surface area contributed by atoms with Gasteiger partial charge in [-0.25, -0.2) is 4.79 Å². The molecule has 2 atom stereocenters. The fourth-order valence-electron chi connectivity index (χ4n) is 3.51. The maximum absolute atomic E-state index is 12.8. The maximum Gasteiger partial charge on any atom is 0.335 e. The van der Waals surface area contributed by atoms with E-state index in [1.54, 1.807) is 23.9 Å².